The van der Waals surface area contributed by atoms with Gasteiger partial charge in [-0.25, -0.2) is 0 Å². The van der Waals surface area contributed by atoms with Crippen LogP contribution in [0, 0.1) is 6.92 Å². The van der Waals surface area contributed by atoms with Gasteiger partial charge in [0.1, 0.15) is 0 Å². The average Bonchev–Trinajstić information content (AvgIpc) is 2.68. The minimum atomic E-state index is -0.0713. The number of carbonyl (C=O) groups excluding carboxylic acids is 1. The van der Waals surface area contributed by atoms with Gasteiger partial charge in [-0.15, -0.1) is 0 Å². The van der Waals surface area contributed by atoms with Crippen molar-refractivity contribution < 1.29 is 14.3 Å². The van der Waals surface area contributed by atoms with Gasteiger partial charge < -0.3 is 25.4 Å². The third kappa shape index (κ3) is 11.2. The summed E-state index contributed by atoms with van der Waals surface area (Å²) >= 11 is 0. The van der Waals surface area contributed by atoms with E-state index in [1.165, 1.54) is 0 Å². The molecule has 0 spiro atoms. The summed E-state index contributed by atoms with van der Waals surface area (Å²) in [7, 11) is 1.71. The number of nitrogens with zero attached hydrogens (tertiary/aromatic N) is 1. The maximum Gasteiger partial charge on any atom is 0.251 e. The van der Waals surface area contributed by atoms with Crippen molar-refractivity contribution >= 4 is 11.9 Å². The monoisotopic (exact) mass is 378 g/mol. The predicted molar refractivity (Wildman–Crippen MR) is 109 cm³/mol. The Labute approximate surface area is 162 Å². The van der Waals surface area contributed by atoms with Crippen LogP contribution in [0.15, 0.2) is 29.3 Å². The first kappa shape index (κ1) is 22.9. The molecule has 1 rings (SSSR count). The van der Waals surface area contributed by atoms with Gasteiger partial charge in [-0.05, 0) is 25.5 Å². The minimum Gasteiger partial charge on any atom is -0.379 e. The van der Waals surface area contributed by atoms with Crippen molar-refractivity contribution in [2.24, 2.45) is 4.99 Å². The summed E-state index contributed by atoms with van der Waals surface area (Å²) in [4.78, 5) is 16.2. The maximum absolute atomic E-state index is 12.1. The summed E-state index contributed by atoms with van der Waals surface area (Å²) in [6.45, 7) is 8.49. The van der Waals surface area contributed by atoms with E-state index in [0.29, 0.717) is 51.0 Å². The second kappa shape index (κ2) is 15.0. The van der Waals surface area contributed by atoms with Crippen LogP contribution in [-0.2, 0) is 9.47 Å². The van der Waals surface area contributed by atoms with Gasteiger partial charge in [0.15, 0.2) is 5.96 Å². The number of ether oxygens (including phenoxy) is 2. The molecule has 1 aromatic carbocycles. The lowest BCUT2D eigenvalue weighted by Gasteiger charge is -2.12. The lowest BCUT2D eigenvalue weighted by Crippen LogP contribution is -2.42. The van der Waals surface area contributed by atoms with Crippen LogP contribution < -0.4 is 16.0 Å². The first-order valence-corrected chi connectivity index (χ1v) is 9.62. The van der Waals surface area contributed by atoms with E-state index in [2.05, 4.69) is 27.9 Å². The first-order chi connectivity index (χ1) is 13.2. The highest BCUT2D eigenvalue weighted by molar-refractivity contribution is 5.94. The number of guanidine groups is 1. The SMILES string of the molecule is CCCCOCCOCCNC(=NC)NCCNC(=O)c1cccc(C)c1. The number of hydrogen-bond donors (Lipinski definition) is 3. The molecule has 1 amide bonds. The first-order valence-electron chi connectivity index (χ1n) is 9.62. The van der Waals surface area contributed by atoms with Gasteiger partial charge in [0.05, 0.1) is 19.8 Å². The average molecular weight is 379 g/mol. The molecule has 7 heteroatoms. The molecule has 0 heterocycles. The Kier molecular flexibility index (Phi) is 12.7. The third-order valence-corrected chi connectivity index (χ3v) is 3.76. The zero-order valence-corrected chi connectivity index (χ0v) is 16.8. The van der Waals surface area contributed by atoms with Crippen LogP contribution in [0.1, 0.15) is 35.7 Å². The molecule has 0 bridgehead atoms. The Morgan fingerprint density at radius 3 is 2.41 bits per heavy atom. The van der Waals surface area contributed by atoms with Crippen LogP contribution in [0.3, 0.4) is 0 Å². The van der Waals surface area contributed by atoms with E-state index in [-0.39, 0.29) is 5.91 Å². The number of aliphatic imine (C=N–C) groups is 1. The second-order valence-electron chi connectivity index (χ2n) is 6.13. The molecule has 0 fully saturated rings. The normalized spacial score (nSPS) is 11.3. The van der Waals surface area contributed by atoms with Crippen molar-refractivity contribution in [2.45, 2.75) is 26.7 Å². The van der Waals surface area contributed by atoms with Crippen molar-refractivity contribution in [2.75, 3.05) is 53.1 Å². The van der Waals surface area contributed by atoms with Gasteiger partial charge >= 0.3 is 0 Å². The molecule has 0 aromatic heterocycles. The number of amides is 1. The third-order valence-electron chi connectivity index (χ3n) is 3.76. The van der Waals surface area contributed by atoms with E-state index in [1.54, 1.807) is 7.05 Å². The number of aryl methyl sites for hydroxylation is 1. The number of unbranched alkanes of at least 4 members (excludes halogenated alkanes) is 1. The summed E-state index contributed by atoms with van der Waals surface area (Å²) in [5, 5.41) is 9.21. The zero-order chi connectivity index (χ0) is 19.7. The minimum absolute atomic E-state index is 0.0713. The molecule has 0 saturated carbocycles. The van der Waals surface area contributed by atoms with E-state index < -0.39 is 0 Å². The molecule has 3 N–H and O–H groups in total. The maximum atomic E-state index is 12.1. The largest absolute Gasteiger partial charge is 0.379 e. The Bertz CT molecular complexity index is 564. The fourth-order valence-corrected chi connectivity index (χ4v) is 2.28. The lowest BCUT2D eigenvalue weighted by molar-refractivity contribution is 0.0487. The van der Waals surface area contributed by atoms with Gasteiger partial charge in [-0.3, -0.25) is 9.79 Å². The Morgan fingerprint density at radius 1 is 1.00 bits per heavy atom. The number of nitrogens with one attached hydrogen (secondary N) is 3. The van der Waals surface area contributed by atoms with E-state index >= 15 is 0 Å². The highest BCUT2D eigenvalue weighted by Gasteiger charge is 2.04. The van der Waals surface area contributed by atoms with Crippen LogP contribution in [0.4, 0.5) is 0 Å². The molecule has 0 aliphatic rings. The Hall–Kier alpha value is -2.12. The van der Waals surface area contributed by atoms with Gasteiger partial charge in [-0.2, -0.15) is 0 Å². The van der Waals surface area contributed by atoms with E-state index in [9.17, 15) is 4.79 Å². The van der Waals surface area contributed by atoms with Gasteiger partial charge in [0.2, 0.25) is 0 Å². The molecule has 0 unspecified atom stereocenters. The summed E-state index contributed by atoms with van der Waals surface area (Å²) in [6.07, 6.45) is 2.24. The molecular weight excluding hydrogens is 344 g/mol. The molecule has 0 aliphatic heterocycles. The zero-order valence-electron chi connectivity index (χ0n) is 16.8. The number of benzene rings is 1. The standard InChI is InChI=1S/C20H34N4O3/c1-4-5-12-26-14-15-27-13-11-24-20(21-3)23-10-9-22-19(25)18-8-6-7-17(2)16-18/h6-8,16H,4-5,9-15H2,1-3H3,(H,22,25)(H2,21,23,24). The fraction of sp³-hybridized carbons (Fsp3) is 0.600. The van der Waals surface area contributed by atoms with Gasteiger partial charge in [0, 0.05) is 38.9 Å². The van der Waals surface area contributed by atoms with E-state index in [0.717, 1.165) is 25.0 Å². The molecule has 7 nitrogen and oxygen atoms in total. The van der Waals surface area contributed by atoms with E-state index in [1.807, 2.05) is 31.2 Å². The van der Waals surface area contributed by atoms with Gasteiger partial charge in [-0.1, -0.05) is 31.0 Å². The van der Waals surface area contributed by atoms with Crippen LogP contribution in [-0.4, -0.2) is 65.0 Å². The topological polar surface area (TPSA) is 84.0 Å². The van der Waals surface area contributed by atoms with Crippen LogP contribution in [0.2, 0.25) is 0 Å². The fourth-order valence-electron chi connectivity index (χ4n) is 2.28. The van der Waals surface area contributed by atoms with Crippen molar-refractivity contribution in [3.63, 3.8) is 0 Å². The van der Waals surface area contributed by atoms with Crippen molar-refractivity contribution in [3.8, 4) is 0 Å². The van der Waals surface area contributed by atoms with Crippen LogP contribution >= 0.6 is 0 Å². The number of rotatable bonds is 13. The lowest BCUT2D eigenvalue weighted by atomic mass is 10.1. The number of hydrogen-bond acceptors (Lipinski definition) is 4. The Balaban J connectivity index is 2.05. The summed E-state index contributed by atoms with van der Waals surface area (Å²) in [6, 6.07) is 7.54. The highest BCUT2D eigenvalue weighted by Crippen LogP contribution is 2.03. The van der Waals surface area contributed by atoms with Crippen molar-refractivity contribution in [1.29, 1.82) is 0 Å². The quantitative estimate of drug-likeness (QED) is 0.277. The molecule has 0 radical (unpaired) electrons. The Morgan fingerprint density at radius 2 is 1.70 bits per heavy atom. The van der Waals surface area contributed by atoms with Crippen LogP contribution in [0.25, 0.3) is 0 Å². The van der Waals surface area contributed by atoms with Gasteiger partial charge in [0.25, 0.3) is 5.91 Å². The molecule has 0 atom stereocenters. The smallest absolute Gasteiger partial charge is 0.251 e. The van der Waals surface area contributed by atoms with Crippen LogP contribution in [0.5, 0.6) is 0 Å². The molecule has 27 heavy (non-hydrogen) atoms. The van der Waals surface area contributed by atoms with Crippen molar-refractivity contribution in [1.82, 2.24) is 16.0 Å². The molecular formula is C20H34N4O3. The molecule has 1 aromatic rings. The highest BCUT2D eigenvalue weighted by atomic mass is 16.5. The summed E-state index contributed by atoms with van der Waals surface area (Å²) in [5.41, 5.74) is 1.74. The number of carbonyl (C=O) groups is 1. The predicted octanol–water partition coefficient (Wildman–Crippen LogP) is 1.72. The summed E-state index contributed by atoms with van der Waals surface area (Å²) in [5.74, 6) is 0.612. The molecule has 0 saturated heterocycles. The van der Waals surface area contributed by atoms with E-state index in [4.69, 9.17) is 9.47 Å². The second-order valence-corrected chi connectivity index (χ2v) is 6.13. The molecule has 0 aliphatic carbocycles. The van der Waals surface area contributed by atoms with Crippen molar-refractivity contribution in [3.05, 3.63) is 35.4 Å². The summed E-state index contributed by atoms with van der Waals surface area (Å²) < 4.78 is 10.9. The molecule has 152 valence electrons.